The largest absolute Gasteiger partial charge is 0.393 e. The molecule has 2 fully saturated rings. The van der Waals surface area contributed by atoms with Crippen molar-refractivity contribution in [2.75, 3.05) is 19.8 Å². The highest BCUT2D eigenvalue weighted by Crippen LogP contribution is 2.41. The van der Waals surface area contributed by atoms with Crippen LogP contribution in [-0.4, -0.2) is 53.7 Å². The van der Waals surface area contributed by atoms with Crippen molar-refractivity contribution in [1.82, 2.24) is 10.2 Å². The Morgan fingerprint density at radius 3 is 2.62 bits per heavy atom. The van der Waals surface area contributed by atoms with Crippen LogP contribution in [0.1, 0.15) is 43.4 Å². The van der Waals surface area contributed by atoms with E-state index in [0.29, 0.717) is 32.1 Å². The van der Waals surface area contributed by atoms with Crippen molar-refractivity contribution < 1.29 is 19.4 Å². The van der Waals surface area contributed by atoms with E-state index in [0.717, 1.165) is 18.4 Å². The molecule has 2 N–H and O–H groups in total. The van der Waals surface area contributed by atoms with Crippen LogP contribution in [0.2, 0.25) is 0 Å². The monoisotopic (exact) mass is 360 g/mol. The first kappa shape index (κ1) is 18.9. The summed E-state index contributed by atoms with van der Waals surface area (Å²) >= 11 is 0. The fraction of sp³-hybridized carbons (Fsp3) is 0.600. The minimum absolute atomic E-state index is 0.122. The number of carbonyl (C=O) groups is 2. The van der Waals surface area contributed by atoms with Crippen molar-refractivity contribution in [3.05, 3.63) is 35.4 Å². The topological polar surface area (TPSA) is 78.9 Å². The van der Waals surface area contributed by atoms with Gasteiger partial charge in [0, 0.05) is 6.54 Å². The van der Waals surface area contributed by atoms with E-state index in [1.54, 1.807) is 11.8 Å². The molecule has 6 nitrogen and oxygen atoms in total. The van der Waals surface area contributed by atoms with Crippen LogP contribution in [0.4, 0.5) is 0 Å². The number of aryl methyl sites for hydroxylation is 1. The highest BCUT2D eigenvalue weighted by Gasteiger charge is 2.37. The van der Waals surface area contributed by atoms with Gasteiger partial charge in [-0.1, -0.05) is 29.8 Å². The zero-order valence-corrected chi connectivity index (χ0v) is 15.5. The van der Waals surface area contributed by atoms with Gasteiger partial charge in [-0.25, -0.2) is 0 Å². The minimum atomic E-state index is -0.569. The molecule has 26 heavy (non-hydrogen) atoms. The van der Waals surface area contributed by atoms with Crippen molar-refractivity contribution in [1.29, 1.82) is 0 Å². The van der Waals surface area contributed by atoms with Crippen LogP contribution < -0.4 is 5.32 Å². The molecular formula is C20H28N2O4. The van der Waals surface area contributed by atoms with Gasteiger partial charge in [0.05, 0.1) is 31.4 Å². The first-order valence-corrected chi connectivity index (χ1v) is 9.39. The van der Waals surface area contributed by atoms with Crippen LogP contribution in [0, 0.1) is 12.8 Å². The van der Waals surface area contributed by atoms with E-state index in [1.807, 2.05) is 31.2 Å². The van der Waals surface area contributed by atoms with E-state index in [1.165, 1.54) is 5.56 Å². The van der Waals surface area contributed by atoms with Crippen molar-refractivity contribution in [3.63, 3.8) is 0 Å². The molecule has 1 aliphatic heterocycles. The molecular weight excluding hydrogens is 332 g/mol. The molecule has 0 unspecified atom stereocenters. The fourth-order valence-corrected chi connectivity index (χ4v) is 3.52. The van der Waals surface area contributed by atoms with Gasteiger partial charge in [0.15, 0.2) is 0 Å². The van der Waals surface area contributed by atoms with Crippen LogP contribution in [0.15, 0.2) is 24.3 Å². The van der Waals surface area contributed by atoms with Crippen molar-refractivity contribution in [2.45, 2.75) is 51.3 Å². The number of carbonyl (C=O) groups excluding carboxylic acids is 2. The average molecular weight is 360 g/mol. The van der Waals surface area contributed by atoms with Gasteiger partial charge in [0.25, 0.3) is 0 Å². The van der Waals surface area contributed by atoms with Gasteiger partial charge in [-0.2, -0.15) is 0 Å². The molecule has 3 rings (SSSR count). The first-order chi connectivity index (χ1) is 12.5. The standard InChI is InChI=1S/C20H28N2O4/c1-13-3-5-15(6-4-13)18(16-7-8-16)21-19(24)20(25)22-9-10-26-12-17(22)11-14(2)23/h3-6,14,16-18,23H,7-12H2,1-2H3,(H,21,24)/t14-,17+,18+/m1/s1. The number of rotatable bonds is 5. The molecule has 1 aromatic carbocycles. The first-order valence-electron chi connectivity index (χ1n) is 9.39. The summed E-state index contributed by atoms with van der Waals surface area (Å²) in [5.74, 6) is -0.705. The Hall–Kier alpha value is -1.92. The third-order valence-electron chi connectivity index (χ3n) is 5.11. The molecule has 6 heteroatoms. The van der Waals surface area contributed by atoms with Gasteiger partial charge < -0.3 is 20.1 Å². The average Bonchev–Trinajstić information content (AvgIpc) is 3.45. The second-order valence-corrected chi connectivity index (χ2v) is 7.51. The number of hydrogen-bond donors (Lipinski definition) is 2. The number of hydrogen-bond acceptors (Lipinski definition) is 4. The van der Waals surface area contributed by atoms with E-state index in [-0.39, 0.29) is 12.1 Å². The molecule has 0 radical (unpaired) electrons. The molecule has 2 aliphatic rings. The molecule has 3 atom stereocenters. The van der Waals surface area contributed by atoms with Crippen molar-refractivity contribution in [2.24, 2.45) is 5.92 Å². The molecule has 1 saturated heterocycles. The Kier molecular flexibility index (Phi) is 5.94. The second-order valence-electron chi connectivity index (χ2n) is 7.51. The van der Waals surface area contributed by atoms with E-state index < -0.39 is 17.9 Å². The molecule has 1 heterocycles. The normalized spacial score (nSPS) is 22.6. The highest BCUT2D eigenvalue weighted by molar-refractivity contribution is 6.35. The quantitative estimate of drug-likeness (QED) is 0.781. The number of aliphatic hydroxyl groups excluding tert-OH is 1. The Morgan fingerprint density at radius 2 is 2.00 bits per heavy atom. The van der Waals surface area contributed by atoms with E-state index >= 15 is 0 Å². The van der Waals surface area contributed by atoms with Crippen molar-refractivity contribution in [3.8, 4) is 0 Å². The molecule has 1 aliphatic carbocycles. The third-order valence-corrected chi connectivity index (χ3v) is 5.11. The van der Waals surface area contributed by atoms with Crippen LogP contribution in [-0.2, 0) is 14.3 Å². The fourth-order valence-electron chi connectivity index (χ4n) is 3.52. The number of nitrogens with one attached hydrogen (secondary N) is 1. The third kappa shape index (κ3) is 4.62. The lowest BCUT2D eigenvalue weighted by Crippen LogP contribution is -2.54. The van der Waals surface area contributed by atoms with Gasteiger partial charge in [-0.15, -0.1) is 0 Å². The van der Waals surface area contributed by atoms with Gasteiger partial charge in [-0.05, 0) is 44.6 Å². The van der Waals surface area contributed by atoms with Crippen LogP contribution in [0.5, 0.6) is 0 Å². The summed E-state index contributed by atoms with van der Waals surface area (Å²) in [4.78, 5) is 26.9. The maximum Gasteiger partial charge on any atom is 0.312 e. The molecule has 0 spiro atoms. The predicted octanol–water partition coefficient (Wildman–Crippen LogP) is 1.56. The van der Waals surface area contributed by atoms with Crippen molar-refractivity contribution >= 4 is 11.8 Å². The van der Waals surface area contributed by atoms with E-state index in [4.69, 9.17) is 4.74 Å². The summed E-state index contributed by atoms with van der Waals surface area (Å²) in [7, 11) is 0. The smallest absolute Gasteiger partial charge is 0.312 e. The molecule has 142 valence electrons. The summed E-state index contributed by atoms with van der Waals surface area (Å²) < 4.78 is 5.42. The number of morpholine rings is 1. The van der Waals surface area contributed by atoms with Gasteiger partial charge in [0.1, 0.15) is 0 Å². The Balaban J connectivity index is 1.68. The SMILES string of the molecule is Cc1ccc([C@H](NC(=O)C(=O)N2CCOC[C@@H]2C[C@@H](C)O)C2CC2)cc1. The lowest BCUT2D eigenvalue weighted by atomic mass is 10.0. The number of benzene rings is 1. The molecule has 0 bridgehead atoms. The lowest BCUT2D eigenvalue weighted by molar-refractivity contribution is -0.152. The maximum atomic E-state index is 12.7. The lowest BCUT2D eigenvalue weighted by Gasteiger charge is -2.36. The molecule has 1 saturated carbocycles. The number of ether oxygens (including phenoxy) is 1. The van der Waals surface area contributed by atoms with Crippen LogP contribution in [0.3, 0.4) is 0 Å². The molecule has 1 aromatic rings. The summed E-state index contributed by atoms with van der Waals surface area (Å²) in [6.45, 7) is 4.85. The summed E-state index contributed by atoms with van der Waals surface area (Å²) in [6.07, 6.45) is 1.99. The second kappa shape index (κ2) is 8.18. The van der Waals surface area contributed by atoms with Gasteiger partial charge in [0.2, 0.25) is 0 Å². The molecule has 2 amide bonds. The zero-order chi connectivity index (χ0) is 18.7. The Morgan fingerprint density at radius 1 is 1.31 bits per heavy atom. The minimum Gasteiger partial charge on any atom is -0.393 e. The number of nitrogens with zero attached hydrogens (tertiary/aromatic N) is 1. The van der Waals surface area contributed by atoms with E-state index in [2.05, 4.69) is 5.32 Å². The number of amides is 2. The van der Waals surface area contributed by atoms with E-state index in [9.17, 15) is 14.7 Å². The highest BCUT2D eigenvalue weighted by atomic mass is 16.5. The Bertz CT molecular complexity index is 640. The number of aliphatic hydroxyl groups is 1. The van der Waals surface area contributed by atoms with Crippen LogP contribution in [0.25, 0.3) is 0 Å². The summed E-state index contributed by atoms with van der Waals surface area (Å²) in [5, 5.41) is 12.6. The van der Waals surface area contributed by atoms with Gasteiger partial charge in [-0.3, -0.25) is 9.59 Å². The van der Waals surface area contributed by atoms with Crippen LogP contribution >= 0.6 is 0 Å². The molecule has 0 aromatic heterocycles. The zero-order valence-electron chi connectivity index (χ0n) is 15.5. The summed E-state index contributed by atoms with van der Waals surface area (Å²) in [5.41, 5.74) is 2.21. The predicted molar refractivity (Wildman–Crippen MR) is 97.4 cm³/mol. The Labute approximate surface area is 154 Å². The summed E-state index contributed by atoms with van der Waals surface area (Å²) in [6, 6.07) is 7.71. The maximum absolute atomic E-state index is 12.7. The van der Waals surface area contributed by atoms with Gasteiger partial charge >= 0.3 is 11.8 Å².